The number of nitrogens with one attached hydrogen (secondary N) is 2. The minimum atomic E-state index is -0.520. The molecule has 1 atom stereocenters. The van der Waals surface area contributed by atoms with Crippen LogP contribution >= 0.6 is 0 Å². The van der Waals surface area contributed by atoms with Crippen LogP contribution in [-0.4, -0.2) is 13.1 Å². The van der Waals surface area contributed by atoms with Gasteiger partial charge in [0.25, 0.3) is 0 Å². The molecule has 4 nitrogen and oxygen atoms in total. The maximum atomic E-state index is 13.6. The fraction of sp³-hybridized carbons (Fsp3) is 0.278. The number of methoxy groups -OCH3 is 1. The van der Waals surface area contributed by atoms with Crippen molar-refractivity contribution in [3.63, 3.8) is 0 Å². The number of benzene rings is 2. The molecule has 2 amide bonds. The minimum Gasteiger partial charge on any atom is -0.494 e. The Morgan fingerprint density at radius 2 is 1.91 bits per heavy atom. The minimum absolute atomic E-state index is 0.139. The first-order valence-electron chi connectivity index (χ1n) is 7.53. The van der Waals surface area contributed by atoms with Gasteiger partial charge in [-0.3, -0.25) is 0 Å². The van der Waals surface area contributed by atoms with Crippen molar-refractivity contribution in [2.75, 3.05) is 12.4 Å². The Kier molecular flexibility index (Phi) is 5.57. The lowest BCUT2D eigenvalue weighted by molar-refractivity contribution is 0.249. The third-order valence-corrected chi connectivity index (χ3v) is 3.65. The molecule has 2 aromatic carbocycles. The third-order valence-electron chi connectivity index (χ3n) is 3.65. The Balaban J connectivity index is 1.96. The normalized spacial score (nSPS) is 11.7. The Hall–Kier alpha value is -2.56. The van der Waals surface area contributed by atoms with Crippen LogP contribution in [0.15, 0.2) is 42.5 Å². The molecule has 0 aliphatic rings. The average Bonchev–Trinajstić information content (AvgIpc) is 2.55. The van der Waals surface area contributed by atoms with E-state index in [2.05, 4.69) is 17.6 Å². The second-order valence-electron chi connectivity index (χ2n) is 5.26. The number of hydrogen-bond donors (Lipinski definition) is 2. The van der Waals surface area contributed by atoms with Gasteiger partial charge in [-0.05, 0) is 36.6 Å². The number of ether oxygens (including phenoxy) is 1. The Morgan fingerprint density at radius 1 is 1.22 bits per heavy atom. The number of aryl methyl sites for hydroxylation is 1. The molecular weight excluding hydrogens is 295 g/mol. The molecule has 0 saturated heterocycles. The quantitative estimate of drug-likeness (QED) is 0.865. The second-order valence-corrected chi connectivity index (χ2v) is 5.26. The molecule has 2 N–H and O–H groups in total. The average molecular weight is 316 g/mol. The van der Waals surface area contributed by atoms with Gasteiger partial charge in [-0.1, -0.05) is 31.2 Å². The van der Waals surface area contributed by atoms with Crippen LogP contribution in [0, 0.1) is 5.82 Å². The van der Waals surface area contributed by atoms with Crippen LogP contribution in [0.3, 0.4) is 0 Å². The fourth-order valence-electron chi connectivity index (χ4n) is 2.23. The lowest BCUT2D eigenvalue weighted by Gasteiger charge is -2.15. The van der Waals surface area contributed by atoms with Gasteiger partial charge in [-0.25, -0.2) is 9.18 Å². The molecule has 0 radical (unpaired) electrons. The highest BCUT2D eigenvalue weighted by Crippen LogP contribution is 2.21. The van der Waals surface area contributed by atoms with E-state index in [1.807, 2.05) is 31.2 Å². The molecule has 2 rings (SSSR count). The van der Waals surface area contributed by atoms with Crippen LogP contribution in [0.1, 0.15) is 31.0 Å². The summed E-state index contributed by atoms with van der Waals surface area (Å²) in [4.78, 5) is 12.0. The monoisotopic (exact) mass is 316 g/mol. The SMILES string of the molecule is CCc1ccc(C(C)NC(=O)Nc2ccc(OC)c(F)c2)cc1. The Morgan fingerprint density at radius 3 is 2.48 bits per heavy atom. The summed E-state index contributed by atoms with van der Waals surface area (Å²) in [6.07, 6.45) is 0.978. The van der Waals surface area contributed by atoms with Crippen LogP contribution in [-0.2, 0) is 6.42 Å². The van der Waals surface area contributed by atoms with Gasteiger partial charge in [0.15, 0.2) is 11.6 Å². The number of carbonyl (C=O) groups excluding carboxylic acids is 1. The number of urea groups is 1. The summed E-state index contributed by atoms with van der Waals surface area (Å²) < 4.78 is 18.4. The molecule has 0 fully saturated rings. The van der Waals surface area contributed by atoms with Crippen molar-refractivity contribution in [2.45, 2.75) is 26.3 Å². The topological polar surface area (TPSA) is 50.4 Å². The lowest BCUT2D eigenvalue weighted by atomic mass is 10.1. The van der Waals surface area contributed by atoms with Gasteiger partial charge in [0.2, 0.25) is 0 Å². The maximum absolute atomic E-state index is 13.6. The van der Waals surface area contributed by atoms with Crippen LogP contribution in [0.25, 0.3) is 0 Å². The van der Waals surface area contributed by atoms with Crippen LogP contribution in [0.2, 0.25) is 0 Å². The number of rotatable bonds is 5. The van der Waals surface area contributed by atoms with Crippen LogP contribution in [0.4, 0.5) is 14.9 Å². The standard InChI is InChI=1S/C18H21FN2O2/c1-4-13-5-7-14(8-6-13)12(2)20-18(22)21-15-9-10-17(23-3)16(19)11-15/h5-12H,4H2,1-3H3,(H2,20,21,22). The van der Waals surface area contributed by atoms with Gasteiger partial charge < -0.3 is 15.4 Å². The molecule has 1 unspecified atom stereocenters. The summed E-state index contributed by atoms with van der Waals surface area (Å²) in [7, 11) is 1.39. The highest BCUT2D eigenvalue weighted by atomic mass is 19.1. The van der Waals surface area contributed by atoms with Crippen molar-refractivity contribution in [1.82, 2.24) is 5.32 Å². The van der Waals surface area contributed by atoms with E-state index in [1.54, 1.807) is 6.07 Å². The number of carbonyl (C=O) groups is 1. The van der Waals surface area contributed by atoms with Crippen molar-refractivity contribution in [1.29, 1.82) is 0 Å². The van der Waals surface area contributed by atoms with E-state index in [9.17, 15) is 9.18 Å². The van der Waals surface area contributed by atoms with E-state index < -0.39 is 5.82 Å². The van der Waals surface area contributed by atoms with Crippen LogP contribution < -0.4 is 15.4 Å². The zero-order chi connectivity index (χ0) is 16.8. The van der Waals surface area contributed by atoms with Crippen molar-refractivity contribution in [3.05, 3.63) is 59.4 Å². The number of halogens is 1. The molecule has 0 aromatic heterocycles. The molecule has 0 bridgehead atoms. The summed E-state index contributed by atoms with van der Waals surface area (Å²) in [5.74, 6) is -0.381. The van der Waals surface area contributed by atoms with Crippen molar-refractivity contribution < 1.29 is 13.9 Å². The molecular formula is C18H21FN2O2. The van der Waals surface area contributed by atoms with E-state index >= 15 is 0 Å². The fourth-order valence-corrected chi connectivity index (χ4v) is 2.23. The largest absolute Gasteiger partial charge is 0.494 e. The predicted octanol–water partition coefficient (Wildman–Crippen LogP) is 4.28. The molecule has 122 valence electrons. The van der Waals surface area contributed by atoms with E-state index in [0.717, 1.165) is 12.0 Å². The first-order valence-corrected chi connectivity index (χ1v) is 7.53. The first-order chi connectivity index (χ1) is 11.0. The highest BCUT2D eigenvalue weighted by Gasteiger charge is 2.11. The van der Waals surface area contributed by atoms with E-state index in [4.69, 9.17) is 4.74 Å². The van der Waals surface area contributed by atoms with E-state index in [-0.39, 0.29) is 17.8 Å². The second kappa shape index (κ2) is 7.63. The summed E-state index contributed by atoms with van der Waals surface area (Å²) in [6.45, 7) is 3.99. The van der Waals surface area contributed by atoms with Crippen LogP contribution in [0.5, 0.6) is 5.75 Å². The van der Waals surface area contributed by atoms with Gasteiger partial charge in [0, 0.05) is 11.8 Å². The molecule has 0 aliphatic carbocycles. The van der Waals surface area contributed by atoms with Gasteiger partial charge in [0.05, 0.1) is 13.2 Å². The Bertz CT molecular complexity index is 671. The first kappa shape index (κ1) is 16.8. The lowest BCUT2D eigenvalue weighted by Crippen LogP contribution is -2.31. The molecule has 5 heteroatoms. The molecule has 0 heterocycles. The van der Waals surface area contributed by atoms with Crippen molar-refractivity contribution >= 4 is 11.7 Å². The zero-order valence-corrected chi connectivity index (χ0v) is 13.5. The molecule has 23 heavy (non-hydrogen) atoms. The highest BCUT2D eigenvalue weighted by molar-refractivity contribution is 5.89. The molecule has 2 aromatic rings. The van der Waals surface area contributed by atoms with Gasteiger partial charge in [0.1, 0.15) is 0 Å². The molecule has 0 aliphatic heterocycles. The summed E-state index contributed by atoms with van der Waals surface area (Å²) >= 11 is 0. The van der Waals surface area contributed by atoms with E-state index in [1.165, 1.54) is 24.8 Å². The zero-order valence-electron chi connectivity index (χ0n) is 13.5. The summed E-state index contributed by atoms with van der Waals surface area (Å²) in [6, 6.07) is 11.8. The predicted molar refractivity (Wildman–Crippen MR) is 89.3 cm³/mol. The van der Waals surface area contributed by atoms with Gasteiger partial charge in [-0.15, -0.1) is 0 Å². The van der Waals surface area contributed by atoms with Gasteiger partial charge >= 0.3 is 6.03 Å². The summed E-state index contributed by atoms with van der Waals surface area (Å²) in [5.41, 5.74) is 2.63. The third kappa shape index (κ3) is 4.45. The Labute approximate surface area is 135 Å². The molecule has 0 spiro atoms. The number of anilines is 1. The van der Waals surface area contributed by atoms with E-state index in [0.29, 0.717) is 5.69 Å². The maximum Gasteiger partial charge on any atom is 0.319 e. The van der Waals surface area contributed by atoms with Gasteiger partial charge in [-0.2, -0.15) is 0 Å². The number of hydrogen-bond acceptors (Lipinski definition) is 2. The van der Waals surface area contributed by atoms with Crippen molar-refractivity contribution in [3.8, 4) is 5.75 Å². The number of amides is 2. The van der Waals surface area contributed by atoms with Crippen molar-refractivity contribution in [2.24, 2.45) is 0 Å². The molecule has 0 saturated carbocycles. The smallest absolute Gasteiger partial charge is 0.319 e. The summed E-state index contributed by atoms with van der Waals surface area (Å²) in [5, 5.41) is 5.44.